The first-order valence-corrected chi connectivity index (χ1v) is 8.60. The third-order valence-electron chi connectivity index (χ3n) is 4.47. The maximum atomic E-state index is 12.5. The SMILES string of the molecule is O=C1CCC=CC[C@H](CC(=O)N2CCC[C@H]2CO)C(=O)NCCO1. The summed E-state index contributed by atoms with van der Waals surface area (Å²) in [4.78, 5) is 37.8. The van der Waals surface area contributed by atoms with E-state index in [9.17, 15) is 19.5 Å². The summed E-state index contributed by atoms with van der Waals surface area (Å²) in [6.07, 6.45) is 6.87. The molecule has 2 aliphatic rings. The minimum Gasteiger partial charge on any atom is -0.464 e. The second-order valence-electron chi connectivity index (χ2n) is 6.22. The first kappa shape index (κ1) is 18.4. The van der Waals surface area contributed by atoms with Gasteiger partial charge in [-0.15, -0.1) is 0 Å². The summed E-state index contributed by atoms with van der Waals surface area (Å²) in [6, 6.07) is -0.123. The summed E-state index contributed by atoms with van der Waals surface area (Å²) in [5.74, 6) is -1.00. The zero-order chi connectivity index (χ0) is 17.4. The van der Waals surface area contributed by atoms with E-state index in [-0.39, 0.29) is 50.0 Å². The average Bonchev–Trinajstić information content (AvgIpc) is 3.04. The van der Waals surface area contributed by atoms with Gasteiger partial charge in [0.05, 0.1) is 25.1 Å². The number of allylic oxidation sites excluding steroid dienone is 2. The molecule has 134 valence electrons. The van der Waals surface area contributed by atoms with Crippen LogP contribution in [-0.4, -0.2) is 60.1 Å². The summed E-state index contributed by atoms with van der Waals surface area (Å²) in [6.45, 7) is 1.01. The predicted molar refractivity (Wildman–Crippen MR) is 86.9 cm³/mol. The Morgan fingerprint density at radius 1 is 1.38 bits per heavy atom. The third kappa shape index (κ3) is 5.33. The molecule has 0 saturated carbocycles. The number of ether oxygens (including phenoxy) is 1. The molecule has 2 aliphatic heterocycles. The molecule has 0 aromatic rings. The number of esters is 1. The number of cyclic esters (lactones) is 1. The van der Waals surface area contributed by atoms with Gasteiger partial charge in [-0.05, 0) is 25.7 Å². The van der Waals surface area contributed by atoms with Crippen molar-refractivity contribution in [1.82, 2.24) is 10.2 Å². The molecule has 0 spiro atoms. The quantitative estimate of drug-likeness (QED) is 0.573. The van der Waals surface area contributed by atoms with Crippen LogP contribution in [0.15, 0.2) is 12.2 Å². The van der Waals surface area contributed by atoms with Crippen molar-refractivity contribution in [3.05, 3.63) is 12.2 Å². The van der Waals surface area contributed by atoms with Crippen LogP contribution >= 0.6 is 0 Å². The van der Waals surface area contributed by atoms with Crippen LogP contribution in [0.1, 0.15) is 38.5 Å². The molecule has 0 bridgehead atoms. The maximum absolute atomic E-state index is 12.5. The molecule has 7 nitrogen and oxygen atoms in total. The van der Waals surface area contributed by atoms with Crippen molar-refractivity contribution in [2.24, 2.45) is 5.92 Å². The van der Waals surface area contributed by atoms with Gasteiger partial charge in [-0.1, -0.05) is 12.2 Å². The van der Waals surface area contributed by atoms with Crippen LogP contribution in [0.3, 0.4) is 0 Å². The van der Waals surface area contributed by atoms with Gasteiger partial charge in [0.1, 0.15) is 6.61 Å². The van der Waals surface area contributed by atoms with Gasteiger partial charge in [0.25, 0.3) is 0 Å². The standard InChI is InChI=1S/C17H26N2O5/c20-12-14-6-4-9-19(14)15(21)11-13-5-2-1-3-7-16(22)24-10-8-18-17(13)23/h1-2,13-14,20H,3-12H2,(H,18,23)/t13-,14+/m1/s1. The number of carbonyl (C=O) groups excluding carboxylic acids is 3. The fourth-order valence-electron chi connectivity index (χ4n) is 3.10. The van der Waals surface area contributed by atoms with Crippen molar-refractivity contribution < 1.29 is 24.2 Å². The van der Waals surface area contributed by atoms with E-state index in [4.69, 9.17) is 4.74 Å². The number of nitrogens with zero attached hydrogens (tertiary/aromatic N) is 1. The molecular weight excluding hydrogens is 312 g/mol. The Kier molecular flexibility index (Phi) is 7.24. The van der Waals surface area contributed by atoms with Crippen molar-refractivity contribution >= 4 is 17.8 Å². The minimum absolute atomic E-state index is 0.0339. The van der Waals surface area contributed by atoms with Crippen LogP contribution in [0, 0.1) is 5.92 Å². The molecule has 2 atom stereocenters. The molecule has 1 saturated heterocycles. The molecule has 2 amide bonds. The lowest BCUT2D eigenvalue weighted by Crippen LogP contribution is -2.41. The number of carbonyl (C=O) groups is 3. The lowest BCUT2D eigenvalue weighted by molar-refractivity contribution is -0.144. The van der Waals surface area contributed by atoms with E-state index in [1.807, 2.05) is 12.2 Å². The topological polar surface area (TPSA) is 95.9 Å². The summed E-state index contributed by atoms with van der Waals surface area (Å²) < 4.78 is 5.00. The maximum Gasteiger partial charge on any atom is 0.306 e. The zero-order valence-electron chi connectivity index (χ0n) is 13.9. The van der Waals surface area contributed by atoms with Crippen LogP contribution in [0.2, 0.25) is 0 Å². The van der Waals surface area contributed by atoms with E-state index in [1.165, 1.54) is 0 Å². The van der Waals surface area contributed by atoms with Crippen LogP contribution in [0.5, 0.6) is 0 Å². The van der Waals surface area contributed by atoms with Crippen molar-refractivity contribution in [1.29, 1.82) is 0 Å². The Balaban J connectivity index is 1.96. The summed E-state index contributed by atoms with van der Waals surface area (Å²) in [5.41, 5.74) is 0. The summed E-state index contributed by atoms with van der Waals surface area (Å²) >= 11 is 0. The summed E-state index contributed by atoms with van der Waals surface area (Å²) in [7, 11) is 0. The molecule has 0 radical (unpaired) electrons. The Morgan fingerprint density at radius 3 is 3.00 bits per heavy atom. The highest BCUT2D eigenvalue weighted by atomic mass is 16.5. The molecule has 24 heavy (non-hydrogen) atoms. The lowest BCUT2D eigenvalue weighted by Gasteiger charge is -2.25. The smallest absolute Gasteiger partial charge is 0.306 e. The summed E-state index contributed by atoms with van der Waals surface area (Å²) in [5, 5.41) is 12.1. The number of hydrogen-bond acceptors (Lipinski definition) is 5. The largest absolute Gasteiger partial charge is 0.464 e. The van der Waals surface area contributed by atoms with Crippen LogP contribution in [0.25, 0.3) is 0 Å². The number of hydrogen-bond donors (Lipinski definition) is 2. The molecule has 2 N–H and O–H groups in total. The monoisotopic (exact) mass is 338 g/mol. The Morgan fingerprint density at radius 2 is 2.21 bits per heavy atom. The second kappa shape index (κ2) is 9.42. The molecule has 7 heteroatoms. The number of aliphatic hydroxyl groups is 1. The molecule has 0 aliphatic carbocycles. The molecule has 0 unspecified atom stereocenters. The van der Waals surface area contributed by atoms with E-state index >= 15 is 0 Å². The van der Waals surface area contributed by atoms with E-state index in [1.54, 1.807) is 4.90 Å². The average molecular weight is 338 g/mol. The van der Waals surface area contributed by atoms with Gasteiger partial charge in [-0.25, -0.2) is 0 Å². The van der Waals surface area contributed by atoms with Crippen LogP contribution < -0.4 is 5.32 Å². The number of nitrogens with one attached hydrogen (secondary N) is 1. The highest BCUT2D eigenvalue weighted by molar-refractivity contribution is 5.86. The fourth-order valence-corrected chi connectivity index (χ4v) is 3.10. The van der Waals surface area contributed by atoms with Gasteiger partial charge in [0, 0.05) is 19.4 Å². The molecule has 0 aromatic heterocycles. The van der Waals surface area contributed by atoms with Crippen molar-refractivity contribution in [3.8, 4) is 0 Å². The second-order valence-corrected chi connectivity index (χ2v) is 6.22. The molecule has 1 fully saturated rings. The van der Waals surface area contributed by atoms with E-state index < -0.39 is 5.92 Å². The van der Waals surface area contributed by atoms with Crippen molar-refractivity contribution in [3.63, 3.8) is 0 Å². The van der Waals surface area contributed by atoms with Crippen molar-refractivity contribution in [2.75, 3.05) is 26.3 Å². The Labute approximate surface area is 142 Å². The molecular formula is C17H26N2O5. The minimum atomic E-state index is -0.441. The van der Waals surface area contributed by atoms with Gasteiger partial charge < -0.3 is 20.1 Å². The third-order valence-corrected chi connectivity index (χ3v) is 4.47. The van der Waals surface area contributed by atoms with E-state index in [2.05, 4.69) is 5.32 Å². The van der Waals surface area contributed by atoms with E-state index in [0.29, 0.717) is 25.8 Å². The van der Waals surface area contributed by atoms with Gasteiger partial charge >= 0.3 is 5.97 Å². The normalized spacial score (nSPS) is 26.3. The molecule has 2 rings (SSSR count). The van der Waals surface area contributed by atoms with E-state index in [0.717, 1.165) is 12.8 Å². The highest BCUT2D eigenvalue weighted by Crippen LogP contribution is 2.21. The van der Waals surface area contributed by atoms with Crippen LogP contribution in [-0.2, 0) is 19.1 Å². The first-order chi connectivity index (χ1) is 11.6. The fraction of sp³-hybridized carbons (Fsp3) is 0.706. The number of likely N-dealkylation sites (tertiary alicyclic amines) is 1. The highest BCUT2D eigenvalue weighted by Gasteiger charge is 2.31. The number of rotatable bonds is 3. The van der Waals surface area contributed by atoms with Crippen LogP contribution in [0.4, 0.5) is 0 Å². The van der Waals surface area contributed by atoms with Gasteiger partial charge in [0.2, 0.25) is 11.8 Å². The first-order valence-electron chi connectivity index (χ1n) is 8.60. The van der Waals surface area contributed by atoms with Crippen molar-refractivity contribution in [2.45, 2.75) is 44.6 Å². The number of aliphatic hydroxyl groups excluding tert-OH is 1. The van der Waals surface area contributed by atoms with Gasteiger partial charge in [-0.3, -0.25) is 14.4 Å². The zero-order valence-corrected chi connectivity index (χ0v) is 13.9. The number of amides is 2. The lowest BCUT2D eigenvalue weighted by atomic mass is 9.98. The van der Waals surface area contributed by atoms with Gasteiger partial charge in [0.15, 0.2) is 0 Å². The Hall–Kier alpha value is -1.89. The molecule has 0 aromatic carbocycles. The van der Waals surface area contributed by atoms with Gasteiger partial charge in [-0.2, -0.15) is 0 Å². The molecule has 2 heterocycles. The Bertz CT molecular complexity index is 491. The predicted octanol–water partition coefficient (Wildman–Crippen LogP) is 0.376.